The van der Waals surface area contributed by atoms with Gasteiger partial charge in [0.25, 0.3) is 6.01 Å². The SMILES string of the molecule is CCOC(=O)Cc1ccc(C(C)=O)cc1OCc1cc(-c2cccc(CN[S+]([O-])C(C)(C)C)c2)c2oc(F)cc2c1. The molecule has 4 rings (SSSR count). The lowest BCUT2D eigenvalue weighted by atomic mass is 9.99. The van der Waals surface area contributed by atoms with Crippen LogP contribution >= 0.6 is 0 Å². The standard InChI is InChI=1S/C32H34FNO6S/c1-6-38-30(36)17-25-11-10-23(20(2)35)15-28(25)39-19-22-13-26-16-29(33)40-31(26)27(14-22)24-9-7-8-21(12-24)18-34-41(37)32(3,4)5/h7-16,34H,6,17-19H2,1-5H3. The summed E-state index contributed by atoms with van der Waals surface area (Å²) in [6, 6.07) is 16.9. The third-order valence-electron chi connectivity index (χ3n) is 6.36. The predicted molar refractivity (Wildman–Crippen MR) is 157 cm³/mol. The number of fused-ring (bicyclic) bond motifs is 1. The summed E-state index contributed by atoms with van der Waals surface area (Å²) in [5.74, 6) is -0.132. The van der Waals surface area contributed by atoms with Crippen molar-refractivity contribution < 1.29 is 32.4 Å². The Morgan fingerprint density at radius 3 is 2.54 bits per heavy atom. The first kappa shape index (κ1) is 30.3. The molecule has 9 heteroatoms. The summed E-state index contributed by atoms with van der Waals surface area (Å²) < 4.78 is 46.0. The van der Waals surface area contributed by atoms with Gasteiger partial charge in [0.15, 0.2) is 5.78 Å². The minimum atomic E-state index is -1.23. The van der Waals surface area contributed by atoms with Crippen LogP contribution in [0.3, 0.4) is 0 Å². The molecular formula is C32H34FNO6S. The number of rotatable bonds is 11. The molecule has 0 aliphatic carbocycles. The van der Waals surface area contributed by atoms with Crippen molar-refractivity contribution in [2.75, 3.05) is 6.61 Å². The van der Waals surface area contributed by atoms with E-state index in [2.05, 4.69) is 4.72 Å². The largest absolute Gasteiger partial charge is 0.598 e. The highest BCUT2D eigenvalue weighted by molar-refractivity contribution is 7.90. The maximum Gasteiger partial charge on any atom is 0.310 e. The fraction of sp³-hybridized carbons (Fsp3) is 0.312. The van der Waals surface area contributed by atoms with Crippen LogP contribution in [-0.4, -0.2) is 27.7 Å². The highest BCUT2D eigenvalue weighted by atomic mass is 32.2. The Kier molecular flexibility index (Phi) is 9.53. The zero-order valence-electron chi connectivity index (χ0n) is 23.8. The smallest absolute Gasteiger partial charge is 0.310 e. The number of hydrogen-bond acceptors (Lipinski definition) is 7. The topological polar surface area (TPSA) is 101 Å². The molecule has 0 bridgehead atoms. The third-order valence-corrected chi connectivity index (χ3v) is 7.87. The number of carbonyl (C=O) groups is 2. The molecular weight excluding hydrogens is 545 g/mol. The Bertz CT molecular complexity index is 1560. The summed E-state index contributed by atoms with van der Waals surface area (Å²) in [7, 11) is 0. The minimum absolute atomic E-state index is 0.000580. The molecule has 7 nitrogen and oxygen atoms in total. The average molecular weight is 580 g/mol. The minimum Gasteiger partial charge on any atom is -0.598 e. The molecule has 0 aliphatic rings. The molecule has 4 aromatic rings. The van der Waals surface area contributed by atoms with Crippen molar-refractivity contribution in [2.24, 2.45) is 0 Å². The number of ketones is 1. The van der Waals surface area contributed by atoms with Crippen LogP contribution in [0.1, 0.15) is 61.7 Å². The molecule has 0 saturated carbocycles. The van der Waals surface area contributed by atoms with Gasteiger partial charge in [-0.1, -0.05) is 30.3 Å². The summed E-state index contributed by atoms with van der Waals surface area (Å²) in [6.07, 6.45) is -0.000580. The van der Waals surface area contributed by atoms with Crippen LogP contribution < -0.4 is 9.46 Å². The van der Waals surface area contributed by atoms with E-state index in [4.69, 9.17) is 13.9 Å². The van der Waals surface area contributed by atoms with Gasteiger partial charge in [-0.3, -0.25) is 9.59 Å². The van der Waals surface area contributed by atoms with Crippen molar-refractivity contribution >= 4 is 34.1 Å². The van der Waals surface area contributed by atoms with Crippen molar-refractivity contribution in [3.63, 3.8) is 0 Å². The second-order valence-corrected chi connectivity index (χ2v) is 12.7. The van der Waals surface area contributed by atoms with Gasteiger partial charge >= 0.3 is 5.97 Å². The molecule has 1 atom stereocenters. The molecule has 3 aromatic carbocycles. The fourth-order valence-corrected chi connectivity index (χ4v) is 5.01. The van der Waals surface area contributed by atoms with Crippen LogP contribution in [0.2, 0.25) is 0 Å². The van der Waals surface area contributed by atoms with Gasteiger partial charge in [-0.25, -0.2) is 0 Å². The number of Topliss-reactive ketones (excluding diaryl/α,β-unsaturated/α-hetero) is 1. The highest BCUT2D eigenvalue weighted by Gasteiger charge is 2.26. The quantitative estimate of drug-likeness (QED) is 0.120. The molecule has 0 aliphatic heterocycles. The molecule has 41 heavy (non-hydrogen) atoms. The Balaban J connectivity index is 1.64. The Labute approximate surface area is 242 Å². The summed E-state index contributed by atoms with van der Waals surface area (Å²) in [5, 5.41) is 0.570. The van der Waals surface area contributed by atoms with Gasteiger partial charge in [0.2, 0.25) is 0 Å². The summed E-state index contributed by atoms with van der Waals surface area (Å²) in [6.45, 7) is 9.65. The number of hydrogen-bond donors (Lipinski definition) is 1. The van der Waals surface area contributed by atoms with Gasteiger partial charge < -0.3 is 18.4 Å². The summed E-state index contributed by atoms with van der Waals surface area (Å²) in [5.41, 5.74) is 4.57. The molecule has 216 valence electrons. The lowest BCUT2D eigenvalue weighted by Crippen LogP contribution is -2.38. The van der Waals surface area contributed by atoms with E-state index in [0.29, 0.717) is 40.0 Å². The van der Waals surface area contributed by atoms with E-state index in [1.807, 2.05) is 51.1 Å². The fourth-order valence-electron chi connectivity index (χ4n) is 4.28. The number of halogens is 1. The summed E-state index contributed by atoms with van der Waals surface area (Å²) >= 11 is -1.23. The molecule has 1 unspecified atom stereocenters. The molecule has 1 heterocycles. The van der Waals surface area contributed by atoms with Gasteiger partial charge in [-0.05, 0) is 75.6 Å². The first-order valence-corrected chi connectivity index (χ1v) is 14.5. The van der Waals surface area contributed by atoms with E-state index in [-0.39, 0.29) is 25.4 Å². The molecule has 0 saturated heterocycles. The number of furan rings is 1. The number of esters is 1. The van der Waals surface area contributed by atoms with Crippen molar-refractivity contribution in [3.8, 4) is 16.9 Å². The van der Waals surface area contributed by atoms with Crippen molar-refractivity contribution in [1.29, 1.82) is 0 Å². The van der Waals surface area contributed by atoms with Gasteiger partial charge in [-0.2, -0.15) is 4.39 Å². The number of benzene rings is 3. The first-order chi connectivity index (χ1) is 19.4. The normalized spacial score (nSPS) is 12.4. The van der Waals surface area contributed by atoms with Crippen molar-refractivity contribution in [2.45, 2.75) is 58.9 Å². The van der Waals surface area contributed by atoms with Crippen LogP contribution in [0, 0.1) is 6.01 Å². The van der Waals surface area contributed by atoms with Crippen molar-refractivity contribution in [3.05, 3.63) is 88.9 Å². The van der Waals surface area contributed by atoms with Crippen LogP contribution in [0.5, 0.6) is 5.75 Å². The Morgan fingerprint density at radius 2 is 1.83 bits per heavy atom. The van der Waals surface area contributed by atoms with Gasteiger partial charge in [-0.15, -0.1) is 4.72 Å². The Hall–Kier alpha value is -3.66. The van der Waals surface area contributed by atoms with Crippen LogP contribution in [0.15, 0.2) is 65.1 Å². The molecule has 1 N–H and O–H groups in total. The zero-order valence-corrected chi connectivity index (χ0v) is 24.7. The first-order valence-electron chi connectivity index (χ1n) is 13.3. The maximum atomic E-state index is 14.2. The Morgan fingerprint density at radius 1 is 1.05 bits per heavy atom. The predicted octanol–water partition coefficient (Wildman–Crippen LogP) is 6.68. The lowest BCUT2D eigenvalue weighted by Gasteiger charge is -2.23. The highest BCUT2D eigenvalue weighted by Crippen LogP contribution is 2.34. The molecule has 0 amide bonds. The number of nitrogens with one attached hydrogen (secondary N) is 1. The lowest BCUT2D eigenvalue weighted by molar-refractivity contribution is -0.142. The van der Waals surface area contributed by atoms with E-state index in [9.17, 15) is 18.5 Å². The van der Waals surface area contributed by atoms with Crippen LogP contribution in [0.25, 0.3) is 22.1 Å². The van der Waals surface area contributed by atoms with Crippen LogP contribution in [0.4, 0.5) is 4.39 Å². The monoisotopic (exact) mass is 579 g/mol. The molecule has 0 radical (unpaired) electrons. The number of carbonyl (C=O) groups excluding carboxylic acids is 2. The second-order valence-electron chi connectivity index (χ2n) is 10.7. The summed E-state index contributed by atoms with van der Waals surface area (Å²) in [4.78, 5) is 24.2. The maximum absolute atomic E-state index is 14.2. The third kappa shape index (κ3) is 7.75. The van der Waals surface area contributed by atoms with E-state index in [1.165, 1.54) is 13.0 Å². The van der Waals surface area contributed by atoms with Crippen molar-refractivity contribution in [1.82, 2.24) is 4.72 Å². The number of ether oxygens (including phenoxy) is 2. The molecule has 1 aromatic heterocycles. The van der Waals surface area contributed by atoms with Gasteiger partial charge in [0.05, 0.1) is 19.6 Å². The van der Waals surface area contributed by atoms with Gasteiger partial charge in [0, 0.05) is 39.5 Å². The van der Waals surface area contributed by atoms with E-state index in [0.717, 1.165) is 16.7 Å². The zero-order chi connectivity index (χ0) is 29.7. The van der Waals surface area contributed by atoms with E-state index < -0.39 is 28.1 Å². The van der Waals surface area contributed by atoms with Crippen LogP contribution in [-0.2, 0) is 40.5 Å². The molecule has 0 spiro atoms. The van der Waals surface area contributed by atoms with E-state index >= 15 is 0 Å². The van der Waals surface area contributed by atoms with E-state index in [1.54, 1.807) is 31.2 Å². The molecule has 0 fully saturated rings. The average Bonchev–Trinajstić information content (AvgIpc) is 3.30. The second kappa shape index (κ2) is 12.9. The van der Waals surface area contributed by atoms with Gasteiger partial charge in [0.1, 0.15) is 22.7 Å².